The zero-order valence-electron chi connectivity index (χ0n) is 14.9. The molecule has 1 atom stereocenters. The van der Waals surface area contributed by atoms with Gasteiger partial charge in [0.15, 0.2) is 9.84 Å². The molecule has 0 radical (unpaired) electrons. The molecule has 28 heavy (non-hydrogen) atoms. The molecule has 0 saturated heterocycles. The molecule has 0 spiro atoms. The van der Waals surface area contributed by atoms with Gasteiger partial charge in [0.1, 0.15) is 11.2 Å². The van der Waals surface area contributed by atoms with Crippen LogP contribution < -0.4 is 4.90 Å². The van der Waals surface area contributed by atoms with Crippen molar-refractivity contribution in [2.24, 2.45) is 0 Å². The van der Waals surface area contributed by atoms with E-state index in [-0.39, 0.29) is 16.6 Å². The molecule has 142 valence electrons. The molecule has 4 rings (SSSR count). The maximum Gasteiger partial charge on any atom is 0.260 e. The third kappa shape index (κ3) is 3.43. The van der Waals surface area contributed by atoms with Gasteiger partial charge in [-0.2, -0.15) is 0 Å². The molecule has 3 aromatic carbocycles. The van der Waals surface area contributed by atoms with Gasteiger partial charge < -0.3 is 0 Å². The molecule has 0 fully saturated rings. The number of thioether (sulfide) groups is 1. The standard InChI is InChI=1S/C21H16FNO3S2/c1-28(25,26)17-12-6-14(7-13-17)21-23(16-10-8-15(22)9-11-16)20(24)18-4-2-3-5-19(18)27-21/h2-13,21H,1H3. The smallest absolute Gasteiger partial charge is 0.260 e. The number of anilines is 1. The van der Waals surface area contributed by atoms with E-state index in [2.05, 4.69) is 0 Å². The number of carbonyl (C=O) groups is 1. The van der Waals surface area contributed by atoms with Crippen LogP contribution in [-0.2, 0) is 9.84 Å². The van der Waals surface area contributed by atoms with Gasteiger partial charge in [0.2, 0.25) is 0 Å². The number of rotatable bonds is 3. The van der Waals surface area contributed by atoms with Crippen molar-refractivity contribution < 1.29 is 17.6 Å². The third-order valence-corrected chi connectivity index (χ3v) is 6.95. The summed E-state index contributed by atoms with van der Waals surface area (Å²) < 4.78 is 36.9. The van der Waals surface area contributed by atoms with E-state index in [1.54, 1.807) is 53.4 Å². The van der Waals surface area contributed by atoms with Crippen LogP contribution in [0.1, 0.15) is 21.3 Å². The van der Waals surface area contributed by atoms with Crippen molar-refractivity contribution in [2.75, 3.05) is 11.2 Å². The highest BCUT2D eigenvalue weighted by Gasteiger charge is 2.35. The van der Waals surface area contributed by atoms with E-state index < -0.39 is 15.2 Å². The fraction of sp³-hybridized carbons (Fsp3) is 0.0952. The van der Waals surface area contributed by atoms with Crippen molar-refractivity contribution in [1.82, 2.24) is 0 Å². The van der Waals surface area contributed by atoms with Crippen LogP contribution in [0.4, 0.5) is 10.1 Å². The quantitative estimate of drug-likeness (QED) is 0.626. The Kier molecular flexibility index (Phi) is 4.72. The predicted octanol–water partition coefficient (Wildman–Crippen LogP) is 4.68. The highest BCUT2D eigenvalue weighted by Crippen LogP contribution is 2.46. The molecular formula is C21H16FNO3S2. The van der Waals surface area contributed by atoms with Gasteiger partial charge in [0, 0.05) is 16.8 Å². The number of hydrogen-bond donors (Lipinski definition) is 0. The van der Waals surface area contributed by atoms with Gasteiger partial charge in [0.05, 0.1) is 10.5 Å². The SMILES string of the molecule is CS(=O)(=O)c1ccc(C2Sc3ccccc3C(=O)N2c2ccc(F)cc2)cc1. The Morgan fingerprint density at radius 1 is 0.929 bits per heavy atom. The highest BCUT2D eigenvalue weighted by atomic mass is 32.2. The normalized spacial score (nSPS) is 16.7. The highest BCUT2D eigenvalue weighted by molar-refractivity contribution is 7.99. The summed E-state index contributed by atoms with van der Waals surface area (Å²) in [5, 5.41) is -0.401. The van der Waals surface area contributed by atoms with Crippen molar-refractivity contribution in [3.63, 3.8) is 0 Å². The summed E-state index contributed by atoms with van der Waals surface area (Å²) in [4.78, 5) is 15.9. The Morgan fingerprint density at radius 2 is 1.57 bits per heavy atom. The van der Waals surface area contributed by atoms with Crippen molar-refractivity contribution in [3.8, 4) is 0 Å². The summed E-state index contributed by atoms with van der Waals surface area (Å²) in [6.45, 7) is 0. The first-order valence-corrected chi connectivity index (χ1v) is 11.3. The fourth-order valence-electron chi connectivity index (χ4n) is 3.11. The Morgan fingerprint density at radius 3 is 2.21 bits per heavy atom. The number of hydrogen-bond acceptors (Lipinski definition) is 4. The van der Waals surface area contributed by atoms with Gasteiger partial charge in [-0.05, 0) is 54.1 Å². The van der Waals surface area contributed by atoms with E-state index in [1.165, 1.54) is 23.9 Å². The van der Waals surface area contributed by atoms with Crippen molar-refractivity contribution in [3.05, 3.63) is 89.7 Å². The summed E-state index contributed by atoms with van der Waals surface area (Å²) in [6.07, 6.45) is 1.15. The molecular weight excluding hydrogens is 397 g/mol. The lowest BCUT2D eigenvalue weighted by atomic mass is 10.1. The van der Waals surface area contributed by atoms with E-state index in [0.717, 1.165) is 16.7 Å². The van der Waals surface area contributed by atoms with Gasteiger partial charge in [0.25, 0.3) is 5.91 Å². The van der Waals surface area contributed by atoms with Crippen molar-refractivity contribution in [1.29, 1.82) is 0 Å². The zero-order chi connectivity index (χ0) is 19.9. The van der Waals surface area contributed by atoms with E-state index in [4.69, 9.17) is 0 Å². The number of amides is 1. The summed E-state index contributed by atoms with van der Waals surface area (Å²) in [5.41, 5.74) is 1.94. The monoisotopic (exact) mass is 413 g/mol. The summed E-state index contributed by atoms with van der Waals surface area (Å²) in [7, 11) is -3.31. The lowest BCUT2D eigenvalue weighted by Gasteiger charge is -2.36. The van der Waals surface area contributed by atoms with Crippen LogP contribution >= 0.6 is 11.8 Å². The maximum absolute atomic E-state index is 13.4. The molecule has 0 aromatic heterocycles. The van der Waals surface area contributed by atoms with Crippen LogP contribution in [0.3, 0.4) is 0 Å². The first-order valence-electron chi connectivity index (χ1n) is 8.49. The average Bonchev–Trinajstić information content (AvgIpc) is 2.68. The number of nitrogens with zero attached hydrogens (tertiary/aromatic N) is 1. The molecule has 0 bridgehead atoms. The molecule has 0 N–H and O–H groups in total. The lowest BCUT2D eigenvalue weighted by Crippen LogP contribution is -2.36. The molecule has 1 amide bonds. The number of halogens is 1. The maximum atomic E-state index is 13.4. The minimum atomic E-state index is -3.31. The second kappa shape index (κ2) is 7.07. The van der Waals surface area contributed by atoms with Gasteiger partial charge in [-0.1, -0.05) is 36.0 Å². The van der Waals surface area contributed by atoms with Crippen molar-refractivity contribution in [2.45, 2.75) is 15.2 Å². The molecule has 3 aromatic rings. The Bertz CT molecular complexity index is 1140. The number of carbonyl (C=O) groups excluding carboxylic acids is 1. The van der Waals surface area contributed by atoms with Crippen LogP contribution in [0.5, 0.6) is 0 Å². The largest absolute Gasteiger partial charge is 0.291 e. The molecule has 0 aliphatic carbocycles. The van der Waals surface area contributed by atoms with Gasteiger partial charge >= 0.3 is 0 Å². The fourth-order valence-corrected chi connectivity index (χ4v) is 5.03. The van der Waals surface area contributed by atoms with E-state index >= 15 is 0 Å². The van der Waals surface area contributed by atoms with Crippen LogP contribution in [0.2, 0.25) is 0 Å². The number of benzene rings is 3. The van der Waals surface area contributed by atoms with E-state index in [1.807, 2.05) is 12.1 Å². The van der Waals surface area contributed by atoms with Crippen LogP contribution in [0.25, 0.3) is 0 Å². The van der Waals surface area contributed by atoms with Crippen LogP contribution in [0, 0.1) is 5.82 Å². The predicted molar refractivity (Wildman–Crippen MR) is 108 cm³/mol. The first-order chi connectivity index (χ1) is 13.3. The molecule has 0 saturated carbocycles. The molecule has 4 nitrogen and oxygen atoms in total. The molecule has 1 aliphatic heterocycles. The van der Waals surface area contributed by atoms with E-state index in [0.29, 0.717) is 11.3 Å². The van der Waals surface area contributed by atoms with E-state index in [9.17, 15) is 17.6 Å². The van der Waals surface area contributed by atoms with Crippen molar-refractivity contribution >= 4 is 33.2 Å². The summed E-state index contributed by atoms with van der Waals surface area (Å²) in [5.74, 6) is -0.562. The minimum absolute atomic E-state index is 0.182. The minimum Gasteiger partial charge on any atom is -0.291 e. The zero-order valence-corrected chi connectivity index (χ0v) is 16.5. The van der Waals surface area contributed by atoms with Gasteiger partial charge in [-0.25, -0.2) is 12.8 Å². The van der Waals surface area contributed by atoms with Gasteiger partial charge in [-0.15, -0.1) is 0 Å². The first kappa shape index (κ1) is 18.7. The topological polar surface area (TPSA) is 54.5 Å². The van der Waals surface area contributed by atoms with Crippen LogP contribution in [-0.4, -0.2) is 20.6 Å². The summed E-state index contributed by atoms with van der Waals surface area (Å²) >= 11 is 1.50. The molecule has 7 heteroatoms. The average molecular weight is 413 g/mol. The lowest BCUT2D eigenvalue weighted by molar-refractivity contribution is 0.0979. The Balaban J connectivity index is 1.82. The second-order valence-corrected chi connectivity index (χ2v) is 9.60. The number of sulfone groups is 1. The molecule has 1 aliphatic rings. The molecule has 1 unspecified atom stereocenters. The van der Waals surface area contributed by atoms with Crippen LogP contribution in [0.15, 0.2) is 82.6 Å². The Hall–Kier alpha value is -2.64. The third-order valence-electron chi connectivity index (χ3n) is 4.51. The van der Waals surface area contributed by atoms with Gasteiger partial charge in [-0.3, -0.25) is 9.69 Å². The molecule has 1 heterocycles. The second-order valence-electron chi connectivity index (χ2n) is 6.46. The summed E-state index contributed by atoms with van der Waals surface area (Å²) in [6, 6.07) is 19.6. The number of fused-ring (bicyclic) bond motifs is 1. The Labute approximate surface area is 166 Å².